The van der Waals surface area contributed by atoms with Gasteiger partial charge in [0, 0.05) is 30.3 Å². The number of hydrogen-bond acceptors (Lipinski definition) is 3. The summed E-state index contributed by atoms with van der Waals surface area (Å²) in [4.78, 5) is 12.1. The molecule has 0 saturated heterocycles. The van der Waals surface area contributed by atoms with Gasteiger partial charge in [-0.3, -0.25) is 4.79 Å². The van der Waals surface area contributed by atoms with Crippen LogP contribution >= 0.6 is 11.6 Å². The predicted molar refractivity (Wildman–Crippen MR) is 86.1 cm³/mol. The van der Waals surface area contributed by atoms with Crippen molar-refractivity contribution in [3.8, 4) is 5.75 Å². The van der Waals surface area contributed by atoms with Crippen LogP contribution in [0.5, 0.6) is 5.75 Å². The number of nitrogens with one attached hydrogen (secondary N) is 1. The largest absolute Gasteiger partial charge is 0.488 e. The van der Waals surface area contributed by atoms with E-state index < -0.39 is 0 Å². The molecule has 22 heavy (non-hydrogen) atoms. The summed E-state index contributed by atoms with van der Waals surface area (Å²) in [7, 11) is 0. The average Bonchev–Trinajstić information content (AvgIpc) is 3.34. The van der Waals surface area contributed by atoms with Gasteiger partial charge in [0.05, 0.1) is 5.57 Å². The van der Waals surface area contributed by atoms with Crippen molar-refractivity contribution in [3.63, 3.8) is 0 Å². The third kappa shape index (κ3) is 4.24. The van der Waals surface area contributed by atoms with Crippen molar-refractivity contribution in [2.75, 3.05) is 26.4 Å². The fourth-order valence-electron chi connectivity index (χ4n) is 2.30. The van der Waals surface area contributed by atoms with Gasteiger partial charge in [-0.15, -0.1) is 0 Å². The smallest absolute Gasteiger partial charge is 0.250 e. The zero-order chi connectivity index (χ0) is 15.4. The Hall–Kier alpha value is -1.52. The maximum atomic E-state index is 12.1. The Morgan fingerprint density at radius 3 is 3.09 bits per heavy atom. The number of carbonyl (C=O) groups is 1. The van der Waals surface area contributed by atoms with E-state index in [0.717, 1.165) is 30.3 Å². The minimum atomic E-state index is -0.0900. The van der Waals surface area contributed by atoms with Gasteiger partial charge in [0.15, 0.2) is 0 Å². The van der Waals surface area contributed by atoms with Crippen LogP contribution in [0.25, 0.3) is 6.08 Å². The molecule has 0 radical (unpaired) electrons. The van der Waals surface area contributed by atoms with Crippen molar-refractivity contribution in [1.29, 1.82) is 0 Å². The van der Waals surface area contributed by atoms with E-state index in [1.165, 1.54) is 12.8 Å². The van der Waals surface area contributed by atoms with Crippen LogP contribution in [0, 0.1) is 5.92 Å². The number of rotatable bonds is 7. The number of carbonyl (C=O) groups excluding carboxylic acids is 1. The molecule has 1 amide bonds. The van der Waals surface area contributed by atoms with Crippen LogP contribution in [0.2, 0.25) is 5.02 Å². The van der Waals surface area contributed by atoms with Gasteiger partial charge >= 0.3 is 0 Å². The third-order valence-corrected chi connectivity index (χ3v) is 4.01. The Kier molecular flexibility index (Phi) is 5.01. The number of benzene rings is 1. The lowest BCUT2D eigenvalue weighted by Crippen LogP contribution is -2.30. The lowest BCUT2D eigenvalue weighted by Gasteiger charge is -2.17. The first kappa shape index (κ1) is 15.4. The standard InChI is InChI=1S/C17H20ClNO3/c18-15-4-5-16-13(9-15)8-14(11-22-16)17(20)19-6-1-7-21-10-12-2-3-12/h4-5,8-9,12H,1-3,6-7,10-11H2,(H,19,20). The van der Waals surface area contributed by atoms with E-state index in [-0.39, 0.29) is 5.91 Å². The molecular formula is C17H20ClNO3. The van der Waals surface area contributed by atoms with E-state index in [0.29, 0.717) is 30.4 Å². The van der Waals surface area contributed by atoms with Crippen molar-refractivity contribution in [2.45, 2.75) is 19.3 Å². The van der Waals surface area contributed by atoms with E-state index in [1.54, 1.807) is 12.1 Å². The highest BCUT2D eigenvalue weighted by molar-refractivity contribution is 6.30. The number of fused-ring (bicyclic) bond motifs is 1. The molecule has 1 fully saturated rings. The topological polar surface area (TPSA) is 47.6 Å². The highest BCUT2D eigenvalue weighted by atomic mass is 35.5. The molecule has 1 aliphatic carbocycles. The molecule has 3 rings (SSSR count). The van der Waals surface area contributed by atoms with Crippen molar-refractivity contribution in [3.05, 3.63) is 34.4 Å². The maximum absolute atomic E-state index is 12.1. The Bertz CT molecular complexity index is 581. The summed E-state index contributed by atoms with van der Waals surface area (Å²) in [5.74, 6) is 1.45. The average molecular weight is 322 g/mol. The number of hydrogen-bond donors (Lipinski definition) is 1. The SMILES string of the molecule is O=C(NCCCOCC1CC1)C1=Cc2cc(Cl)ccc2OC1. The fourth-order valence-corrected chi connectivity index (χ4v) is 2.48. The van der Waals surface area contributed by atoms with Gasteiger partial charge in [-0.1, -0.05) is 11.6 Å². The zero-order valence-corrected chi connectivity index (χ0v) is 13.2. The van der Waals surface area contributed by atoms with Crippen LogP contribution in [0.15, 0.2) is 23.8 Å². The van der Waals surface area contributed by atoms with Gasteiger partial charge in [0.25, 0.3) is 5.91 Å². The quantitative estimate of drug-likeness (QED) is 0.785. The van der Waals surface area contributed by atoms with Crippen LogP contribution < -0.4 is 10.1 Å². The Morgan fingerprint density at radius 1 is 1.41 bits per heavy atom. The summed E-state index contributed by atoms with van der Waals surface area (Å²) in [6.45, 7) is 2.47. The van der Waals surface area contributed by atoms with E-state index in [2.05, 4.69) is 5.32 Å². The van der Waals surface area contributed by atoms with Crippen LogP contribution in [0.3, 0.4) is 0 Å². The molecule has 4 nitrogen and oxygen atoms in total. The number of ether oxygens (including phenoxy) is 2. The summed E-state index contributed by atoms with van der Waals surface area (Å²) in [6, 6.07) is 5.40. The summed E-state index contributed by atoms with van der Waals surface area (Å²) in [6.07, 6.45) is 5.27. The van der Waals surface area contributed by atoms with Gasteiger partial charge < -0.3 is 14.8 Å². The van der Waals surface area contributed by atoms with Gasteiger partial charge in [-0.05, 0) is 49.5 Å². The molecule has 5 heteroatoms. The predicted octanol–water partition coefficient (Wildman–Crippen LogP) is 3.05. The van der Waals surface area contributed by atoms with Crippen molar-refractivity contribution in [2.24, 2.45) is 5.92 Å². The Labute approximate surface area is 135 Å². The van der Waals surface area contributed by atoms with E-state index in [4.69, 9.17) is 21.1 Å². The minimum Gasteiger partial charge on any atom is -0.488 e. The van der Waals surface area contributed by atoms with Gasteiger partial charge in [-0.2, -0.15) is 0 Å². The fraction of sp³-hybridized carbons (Fsp3) is 0.471. The Morgan fingerprint density at radius 2 is 2.27 bits per heavy atom. The summed E-state index contributed by atoms with van der Waals surface area (Å²) in [5.41, 5.74) is 1.46. The van der Waals surface area contributed by atoms with E-state index in [9.17, 15) is 4.79 Å². The summed E-state index contributed by atoms with van der Waals surface area (Å²) < 4.78 is 11.1. The molecule has 0 spiro atoms. The molecule has 0 aromatic heterocycles. The zero-order valence-electron chi connectivity index (χ0n) is 12.4. The second kappa shape index (κ2) is 7.16. The van der Waals surface area contributed by atoms with E-state index >= 15 is 0 Å². The van der Waals surface area contributed by atoms with Gasteiger partial charge in [0.2, 0.25) is 0 Å². The molecular weight excluding hydrogens is 302 g/mol. The van der Waals surface area contributed by atoms with Crippen LogP contribution in [-0.2, 0) is 9.53 Å². The first-order chi connectivity index (χ1) is 10.7. The molecule has 1 aliphatic heterocycles. The molecule has 0 bridgehead atoms. The molecule has 1 saturated carbocycles. The second-order valence-electron chi connectivity index (χ2n) is 5.77. The maximum Gasteiger partial charge on any atom is 0.250 e. The van der Waals surface area contributed by atoms with Crippen molar-refractivity contribution in [1.82, 2.24) is 5.32 Å². The summed E-state index contributed by atoms with van der Waals surface area (Å²) >= 11 is 5.96. The van der Waals surface area contributed by atoms with Crippen LogP contribution in [0.4, 0.5) is 0 Å². The lowest BCUT2D eigenvalue weighted by atomic mass is 10.1. The molecule has 2 aliphatic rings. The molecule has 1 aromatic carbocycles. The molecule has 0 atom stereocenters. The highest BCUT2D eigenvalue weighted by Crippen LogP contribution is 2.29. The van der Waals surface area contributed by atoms with E-state index in [1.807, 2.05) is 12.1 Å². The highest BCUT2D eigenvalue weighted by Gasteiger charge is 2.21. The van der Waals surface area contributed by atoms with Gasteiger partial charge in [-0.25, -0.2) is 0 Å². The Balaban J connectivity index is 1.43. The lowest BCUT2D eigenvalue weighted by molar-refractivity contribution is -0.117. The van der Waals surface area contributed by atoms with Crippen LogP contribution in [0.1, 0.15) is 24.8 Å². The van der Waals surface area contributed by atoms with Crippen molar-refractivity contribution < 1.29 is 14.3 Å². The van der Waals surface area contributed by atoms with Crippen molar-refractivity contribution >= 4 is 23.6 Å². The molecule has 0 unspecified atom stereocenters. The summed E-state index contributed by atoms with van der Waals surface area (Å²) in [5, 5.41) is 3.53. The number of halogens is 1. The monoisotopic (exact) mass is 321 g/mol. The number of amides is 1. The third-order valence-electron chi connectivity index (χ3n) is 3.78. The van der Waals surface area contributed by atoms with Gasteiger partial charge in [0.1, 0.15) is 12.4 Å². The molecule has 1 aromatic rings. The van der Waals surface area contributed by atoms with Crippen LogP contribution in [-0.4, -0.2) is 32.3 Å². The molecule has 1 N–H and O–H groups in total. The molecule has 118 valence electrons. The molecule has 1 heterocycles. The second-order valence-corrected chi connectivity index (χ2v) is 6.20. The first-order valence-corrected chi connectivity index (χ1v) is 8.09. The first-order valence-electron chi connectivity index (χ1n) is 7.71. The minimum absolute atomic E-state index is 0.0900. The normalized spacial score (nSPS) is 16.5.